The smallest absolute Gasteiger partial charge is 0.303 e. The predicted octanol–water partition coefficient (Wildman–Crippen LogP) is 5.09. The highest BCUT2D eigenvalue weighted by molar-refractivity contribution is 5.83. The first kappa shape index (κ1) is 25.2. The Bertz CT molecular complexity index is 1080. The zero-order chi connectivity index (χ0) is 24.6. The van der Waals surface area contributed by atoms with Crippen LogP contribution in [0, 0.1) is 11.8 Å². The van der Waals surface area contributed by atoms with Crippen LogP contribution < -0.4 is 4.74 Å². The van der Waals surface area contributed by atoms with E-state index in [-0.39, 0.29) is 12.3 Å². The Labute approximate surface area is 206 Å². The van der Waals surface area contributed by atoms with Gasteiger partial charge in [0.05, 0.1) is 31.3 Å². The minimum atomic E-state index is -0.741. The number of aryl methyl sites for hydroxylation is 1. The van der Waals surface area contributed by atoms with Crippen LogP contribution in [0.3, 0.4) is 0 Å². The van der Waals surface area contributed by atoms with Crippen molar-refractivity contribution < 1.29 is 24.2 Å². The Balaban J connectivity index is 1.32. The lowest BCUT2D eigenvalue weighted by atomic mass is 9.79. The first-order chi connectivity index (χ1) is 17.0. The number of benzene rings is 1. The summed E-state index contributed by atoms with van der Waals surface area (Å²) in [6.45, 7) is 2.79. The highest BCUT2D eigenvalue weighted by atomic mass is 16.5. The van der Waals surface area contributed by atoms with Gasteiger partial charge in [0.2, 0.25) is 0 Å². The number of carboxylic acid groups (broad SMARTS) is 1. The van der Waals surface area contributed by atoms with E-state index in [0.717, 1.165) is 74.0 Å². The number of aliphatic hydroxyl groups is 1. The molecule has 3 aromatic rings. The molecule has 1 aliphatic heterocycles. The van der Waals surface area contributed by atoms with Crippen molar-refractivity contribution in [2.24, 2.45) is 11.8 Å². The summed E-state index contributed by atoms with van der Waals surface area (Å²) in [6, 6.07) is 9.56. The number of hydrogen-bond donors (Lipinski definition) is 2. The van der Waals surface area contributed by atoms with Gasteiger partial charge in [0.1, 0.15) is 5.75 Å². The van der Waals surface area contributed by atoms with Gasteiger partial charge in [-0.25, -0.2) is 0 Å². The van der Waals surface area contributed by atoms with Gasteiger partial charge < -0.3 is 24.3 Å². The molecule has 2 aromatic heterocycles. The van der Waals surface area contributed by atoms with Crippen molar-refractivity contribution in [2.45, 2.75) is 51.0 Å². The molecule has 3 heterocycles. The minimum Gasteiger partial charge on any atom is -0.497 e. The lowest BCUT2D eigenvalue weighted by molar-refractivity contribution is -0.139. The van der Waals surface area contributed by atoms with Crippen molar-refractivity contribution in [1.82, 2.24) is 9.88 Å². The lowest BCUT2D eigenvalue weighted by Gasteiger charge is -2.38. The number of nitrogens with zero attached hydrogens (tertiary/aromatic N) is 2. The molecule has 3 atom stereocenters. The second kappa shape index (κ2) is 12.2. The molecule has 1 aliphatic rings. The van der Waals surface area contributed by atoms with Crippen LogP contribution in [0.5, 0.6) is 5.75 Å². The Morgan fingerprint density at radius 1 is 1.26 bits per heavy atom. The van der Waals surface area contributed by atoms with Gasteiger partial charge in [-0.1, -0.05) is 0 Å². The third kappa shape index (κ3) is 6.83. The summed E-state index contributed by atoms with van der Waals surface area (Å²) in [5.41, 5.74) is 2.90. The number of ether oxygens (including phenoxy) is 1. The molecule has 0 spiro atoms. The number of carboxylic acids is 1. The number of unbranched alkanes of at least 4 members (excludes halogenated alkanes) is 1. The summed E-state index contributed by atoms with van der Waals surface area (Å²) < 4.78 is 10.5. The number of aromatic nitrogens is 1. The van der Waals surface area contributed by atoms with Gasteiger partial charge >= 0.3 is 5.97 Å². The molecule has 7 nitrogen and oxygen atoms in total. The maximum Gasteiger partial charge on any atom is 0.303 e. The fourth-order valence-corrected chi connectivity index (χ4v) is 5.39. The molecule has 4 rings (SSSR count). The molecule has 35 heavy (non-hydrogen) atoms. The quantitative estimate of drug-likeness (QED) is 0.349. The first-order valence-corrected chi connectivity index (χ1v) is 12.6. The van der Waals surface area contributed by atoms with E-state index in [4.69, 9.17) is 9.15 Å². The summed E-state index contributed by atoms with van der Waals surface area (Å²) in [5, 5.41) is 21.5. The largest absolute Gasteiger partial charge is 0.497 e. The second-order valence-electron chi connectivity index (χ2n) is 9.67. The lowest BCUT2D eigenvalue weighted by Crippen LogP contribution is -2.41. The van der Waals surface area contributed by atoms with Crippen LogP contribution in [-0.4, -0.2) is 52.8 Å². The van der Waals surface area contributed by atoms with Crippen LogP contribution in [0.4, 0.5) is 0 Å². The van der Waals surface area contributed by atoms with E-state index in [2.05, 4.69) is 9.88 Å². The second-order valence-corrected chi connectivity index (χ2v) is 9.67. The number of pyridine rings is 1. The van der Waals surface area contributed by atoms with E-state index in [1.54, 1.807) is 25.8 Å². The number of aliphatic hydroxyl groups excluding tert-OH is 1. The number of carbonyl (C=O) groups is 1. The topological polar surface area (TPSA) is 96.0 Å². The third-order valence-corrected chi connectivity index (χ3v) is 7.33. The molecule has 0 radical (unpaired) electrons. The molecule has 7 heteroatoms. The molecule has 0 saturated carbocycles. The van der Waals surface area contributed by atoms with Gasteiger partial charge in [0.15, 0.2) is 0 Å². The fraction of sp³-hybridized carbons (Fsp3) is 0.500. The Morgan fingerprint density at radius 3 is 2.91 bits per heavy atom. The molecule has 188 valence electrons. The third-order valence-electron chi connectivity index (χ3n) is 7.33. The van der Waals surface area contributed by atoms with Crippen molar-refractivity contribution in [3.63, 3.8) is 0 Å². The maximum atomic E-state index is 11.6. The van der Waals surface area contributed by atoms with Crippen molar-refractivity contribution >= 4 is 16.9 Å². The normalized spacial score (nSPS) is 19.6. The molecule has 0 amide bonds. The van der Waals surface area contributed by atoms with E-state index in [9.17, 15) is 15.0 Å². The fourth-order valence-electron chi connectivity index (χ4n) is 5.39. The Morgan fingerprint density at radius 2 is 2.14 bits per heavy atom. The highest BCUT2D eigenvalue weighted by Gasteiger charge is 2.31. The maximum absolute atomic E-state index is 11.6. The number of furan rings is 1. The number of piperidine rings is 1. The van der Waals surface area contributed by atoms with Gasteiger partial charge in [0.25, 0.3) is 0 Å². The summed E-state index contributed by atoms with van der Waals surface area (Å²) in [6.07, 6.45) is 10.4. The van der Waals surface area contributed by atoms with Crippen molar-refractivity contribution in [2.75, 3.05) is 26.7 Å². The van der Waals surface area contributed by atoms with Gasteiger partial charge in [0, 0.05) is 24.5 Å². The van der Waals surface area contributed by atoms with E-state index in [0.29, 0.717) is 12.3 Å². The molecule has 0 unspecified atom stereocenters. The molecule has 1 aromatic carbocycles. The summed E-state index contributed by atoms with van der Waals surface area (Å²) >= 11 is 0. The van der Waals surface area contributed by atoms with E-state index in [1.165, 1.54) is 5.56 Å². The molecule has 0 aliphatic carbocycles. The van der Waals surface area contributed by atoms with Crippen molar-refractivity contribution in [1.29, 1.82) is 0 Å². The van der Waals surface area contributed by atoms with E-state index < -0.39 is 12.1 Å². The van der Waals surface area contributed by atoms with Gasteiger partial charge in [-0.3, -0.25) is 9.78 Å². The van der Waals surface area contributed by atoms with Crippen LogP contribution in [0.25, 0.3) is 10.9 Å². The van der Waals surface area contributed by atoms with Crippen LogP contribution in [0.2, 0.25) is 0 Å². The van der Waals surface area contributed by atoms with Crippen LogP contribution in [0.15, 0.2) is 53.5 Å². The van der Waals surface area contributed by atoms with E-state index in [1.807, 2.05) is 30.3 Å². The molecule has 0 bridgehead atoms. The molecular weight excluding hydrogens is 444 g/mol. The number of methoxy groups -OCH3 is 1. The molecular formula is C28H36N2O5. The average molecular weight is 481 g/mol. The minimum absolute atomic E-state index is 0.108. The monoisotopic (exact) mass is 480 g/mol. The number of likely N-dealkylation sites (tertiary alicyclic amines) is 1. The van der Waals surface area contributed by atoms with Crippen LogP contribution in [-0.2, 0) is 11.2 Å². The average Bonchev–Trinajstić information content (AvgIpc) is 3.38. The van der Waals surface area contributed by atoms with E-state index >= 15 is 0 Å². The SMILES string of the molecule is COc1ccc2nccc([C@H](O)CC[C@@H]3CCN(CCCCc4ccoc4)C[C@@H]3CC(=O)O)c2c1. The van der Waals surface area contributed by atoms with Gasteiger partial charge in [-0.2, -0.15) is 0 Å². The molecule has 2 N–H and O–H groups in total. The summed E-state index contributed by atoms with van der Waals surface area (Å²) in [7, 11) is 1.63. The highest BCUT2D eigenvalue weighted by Crippen LogP contribution is 2.34. The Kier molecular flexibility index (Phi) is 8.77. The Hall–Kier alpha value is -2.90. The van der Waals surface area contributed by atoms with Crippen molar-refractivity contribution in [3.8, 4) is 5.75 Å². The number of hydrogen-bond acceptors (Lipinski definition) is 6. The summed E-state index contributed by atoms with van der Waals surface area (Å²) in [5.74, 6) is 0.398. The van der Waals surface area contributed by atoms with Crippen molar-refractivity contribution in [3.05, 3.63) is 60.2 Å². The number of fused-ring (bicyclic) bond motifs is 1. The standard InChI is InChI=1S/C28H36N2O5/c1-34-23-6-7-26-25(17-23)24(9-12-29-26)27(31)8-5-21-10-14-30(18-22(21)16-28(32)33)13-3-2-4-20-11-15-35-19-20/h6-7,9,11-12,15,17,19,21-22,27,31H,2-5,8,10,13-14,16,18H2,1H3,(H,32,33)/t21-,22+,27-/m1/s1. The first-order valence-electron chi connectivity index (χ1n) is 12.6. The molecule has 1 fully saturated rings. The van der Waals surface area contributed by atoms with Gasteiger partial charge in [-0.05, 0) is 105 Å². The summed E-state index contributed by atoms with van der Waals surface area (Å²) in [4.78, 5) is 18.4. The van der Waals surface area contributed by atoms with Gasteiger partial charge in [-0.15, -0.1) is 0 Å². The predicted molar refractivity (Wildman–Crippen MR) is 134 cm³/mol. The zero-order valence-corrected chi connectivity index (χ0v) is 20.4. The van der Waals surface area contributed by atoms with Crippen LogP contribution >= 0.6 is 0 Å². The zero-order valence-electron chi connectivity index (χ0n) is 20.4. The number of rotatable bonds is 12. The number of aliphatic carboxylic acids is 1. The van der Waals surface area contributed by atoms with Crippen LogP contribution in [0.1, 0.15) is 55.8 Å². The molecule has 1 saturated heterocycles.